The van der Waals surface area contributed by atoms with E-state index in [0.717, 1.165) is 25.9 Å². The molecule has 0 radical (unpaired) electrons. The number of halogens is 3. The minimum Gasteiger partial charge on any atom is -0.434 e. The molecule has 0 unspecified atom stereocenters. The van der Waals surface area contributed by atoms with Gasteiger partial charge in [0.15, 0.2) is 0 Å². The maximum Gasteiger partial charge on any atom is 0.387 e. The second kappa shape index (κ2) is 8.29. The summed E-state index contributed by atoms with van der Waals surface area (Å²) < 4.78 is 29.2. The van der Waals surface area contributed by atoms with Crippen molar-refractivity contribution < 1.29 is 18.3 Å². The lowest BCUT2D eigenvalue weighted by molar-refractivity contribution is -0.0507. The second-order valence-electron chi connectivity index (χ2n) is 5.32. The predicted octanol–water partition coefficient (Wildman–Crippen LogP) is 2.81. The van der Waals surface area contributed by atoms with Crippen LogP contribution in [0.3, 0.4) is 0 Å². The molecule has 1 aromatic carbocycles. The van der Waals surface area contributed by atoms with E-state index in [4.69, 9.17) is 0 Å². The number of ether oxygens (including phenoxy) is 1. The first-order valence-electron chi connectivity index (χ1n) is 7.05. The number of benzene rings is 1. The number of hydrogen-bond donors (Lipinski definition) is 2. The van der Waals surface area contributed by atoms with Crippen LogP contribution in [-0.2, 0) is 0 Å². The third kappa shape index (κ3) is 4.81. The SMILES string of the molecule is Cc1cc(C(=O)NC2CCNCC2)cc(C)c1OC(F)F.Cl. The Balaban J connectivity index is 0.00000242. The van der Waals surface area contributed by atoms with Crippen LogP contribution in [0.2, 0.25) is 0 Å². The fraction of sp³-hybridized carbons (Fsp3) is 0.533. The topological polar surface area (TPSA) is 50.4 Å². The van der Waals surface area contributed by atoms with E-state index >= 15 is 0 Å². The van der Waals surface area contributed by atoms with E-state index in [1.807, 2.05) is 0 Å². The van der Waals surface area contributed by atoms with Gasteiger partial charge in [0, 0.05) is 11.6 Å². The number of carbonyl (C=O) groups is 1. The van der Waals surface area contributed by atoms with Crippen LogP contribution in [0.15, 0.2) is 12.1 Å². The molecule has 1 aliphatic rings. The Kier molecular flexibility index (Phi) is 7.03. The maximum absolute atomic E-state index is 12.3. The molecule has 0 bridgehead atoms. The molecule has 2 N–H and O–H groups in total. The van der Waals surface area contributed by atoms with Crippen molar-refractivity contribution in [3.05, 3.63) is 28.8 Å². The van der Waals surface area contributed by atoms with Crippen molar-refractivity contribution in [2.75, 3.05) is 13.1 Å². The van der Waals surface area contributed by atoms with Crippen molar-refractivity contribution in [3.63, 3.8) is 0 Å². The molecule has 0 atom stereocenters. The average Bonchev–Trinajstić information content (AvgIpc) is 2.43. The Morgan fingerprint density at radius 1 is 1.27 bits per heavy atom. The third-order valence-corrected chi connectivity index (χ3v) is 3.60. The lowest BCUT2D eigenvalue weighted by Gasteiger charge is -2.24. The van der Waals surface area contributed by atoms with Gasteiger partial charge in [-0.15, -0.1) is 12.4 Å². The molecule has 2 rings (SSSR count). The molecule has 1 aromatic rings. The highest BCUT2D eigenvalue weighted by molar-refractivity contribution is 5.95. The molecule has 1 amide bonds. The van der Waals surface area contributed by atoms with Crippen molar-refractivity contribution in [2.24, 2.45) is 0 Å². The van der Waals surface area contributed by atoms with Crippen LogP contribution in [0.5, 0.6) is 5.75 Å². The molecule has 1 aliphatic heterocycles. The van der Waals surface area contributed by atoms with E-state index in [1.165, 1.54) is 0 Å². The van der Waals surface area contributed by atoms with Crippen molar-refractivity contribution in [2.45, 2.75) is 39.3 Å². The van der Waals surface area contributed by atoms with E-state index in [2.05, 4.69) is 15.4 Å². The molecular formula is C15H21ClF2N2O2. The highest BCUT2D eigenvalue weighted by Gasteiger charge is 2.18. The molecule has 0 spiro atoms. The Morgan fingerprint density at radius 2 is 1.82 bits per heavy atom. The summed E-state index contributed by atoms with van der Waals surface area (Å²) in [6.45, 7) is 2.24. The summed E-state index contributed by atoms with van der Waals surface area (Å²) >= 11 is 0. The summed E-state index contributed by atoms with van der Waals surface area (Å²) in [4.78, 5) is 12.2. The van der Waals surface area contributed by atoms with Gasteiger partial charge in [-0.3, -0.25) is 4.79 Å². The molecular weight excluding hydrogens is 314 g/mol. The van der Waals surface area contributed by atoms with Gasteiger partial charge in [-0.05, 0) is 63.0 Å². The quantitative estimate of drug-likeness (QED) is 0.890. The van der Waals surface area contributed by atoms with Crippen molar-refractivity contribution in [1.29, 1.82) is 0 Å². The summed E-state index contributed by atoms with van der Waals surface area (Å²) in [7, 11) is 0. The monoisotopic (exact) mass is 334 g/mol. The molecule has 0 saturated carbocycles. The average molecular weight is 335 g/mol. The Labute approximate surface area is 135 Å². The van der Waals surface area contributed by atoms with Gasteiger partial charge in [-0.25, -0.2) is 0 Å². The smallest absolute Gasteiger partial charge is 0.387 e. The van der Waals surface area contributed by atoms with Gasteiger partial charge in [-0.2, -0.15) is 8.78 Å². The fourth-order valence-corrected chi connectivity index (χ4v) is 2.59. The maximum atomic E-state index is 12.3. The predicted molar refractivity (Wildman–Crippen MR) is 83.2 cm³/mol. The Hall–Kier alpha value is -1.40. The van der Waals surface area contributed by atoms with Crippen LogP contribution >= 0.6 is 12.4 Å². The molecule has 7 heteroatoms. The first kappa shape index (κ1) is 18.6. The number of rotatable bonds is 4. The lowest BCUT2D eigenvalue weighted by Crippen LogP contribution is -2.42. The summed E-state index contributed by atoms with van der Waals surface area (Å²) in [5.74, 6) is -0.0277. The zero-order chi connectivity index (χ0) is 15.4. The summed E-state index contributed by atoms with van der Waals surface area (Å²) in [5, 5.41) is 6.21. The van der Waals surface area contributed by atoms with Gasteiger partial charge in [-0.1, -0.05) is 0 Å². The molecule has 1 saturated heterocycles. The van der Waals surface area contributed by atoms with E-state index in [0.29, 0.717) is 16.7 Å². The number of hydrogen-bond acceptors (Lipinski definition) is 3. The van der Waals surface area contributed by atoms with Crippen LogP contribution in [0.1, 0.15) is 34.3 Å². The van der Waals surface area contributed by atoms with Gasteiger partial charge in [0.05, 0.1) is 0 Å². The zero-order valence-corrected chi connectivity index (χ0v) is 13.4. The molecule has 1 heterocycles. The normalized spacial score (nSPS) is 15.3. The molecule has 124 valence electrons. The largest absolute Gasteiger partial charge is 0.434 e. The van der Waals surface area contributed by atoms with Crippen molar-refractivity contribution >= 4 is 18.3 Å². The highest BCUT2D eigenvalue weighted by Crippen LogP contribution is 2.26. The van der Waals surface area contributed by atoms with Gasteiger partial charge in [0.1, 0.15) is 5.75 Å². The summed E-state index contributed by atoms with van der Waals surface area (Å²) in [5.41, 5.74) is 1.54. The van der Waals surface area contributed by atoms with Crippen molar-refractivity contribution in [3.8, 4) is 5.75 Å². The molecule has 1 fully saturated rings. The van der Waals surface area contributed by atoms with Crippen LogP contribution in [0.25, 0.3) is 0 Å². The van der Waals surface area contributed by atoms with Gasteiger partial charge >= 0.3 is 6.61 Å². The van der Waals surface area contributed by atoms with Crippen LogP contribution in [-0.4, -0.2) is 31.7 Å². The molecule has 4 nitrogen and oxygen atoms in total. The minimum atomic E-state index is -2.86. The highest BCUT2D eigenvalue weighted by atomic mass is 35.5. The van der Waals surface area contributed by atoms with Gasteiger partial charge < -0.3 is 15.4 Å². The molecule has 0 aliphatic carbocycles. The fourth-order valence-electron chi connectivity index (χ4n) is 2.59. The standard InChI is InChI=1S/C15H20F2N2O2.ClH/c1-9-7-11(8-10(2)13(9)21-15(16)17)14(20)19-12-3-5-18-6-4-12;/h7-8,12,15,18H,3-6H2,1-2H3,(H,19,20);1H. The van der Waals surface area contributed by atoms with E-state index in [9.17, 15) is 13.6 Å². The van der Waals surface area contributed by atoms with Gasteiger partial charge in [0.25, 0.3) is 5.91 Å². The number of nitrogens with one attached hydrogen (secondary N) is 2. The van der Waals surface area contributed by atoms with E-state index in [-0.39, 0.29) is 30.1 Å². The number of aryl methyl sites for hydroxylation is 2. The second-order valence-corrected chi connectivity index (χ2v) is 5.32. The number of carbonyl (C=O) groups excluding carboxylic acids is 1. The van der Waals surface area contributed by atoms with Gasteiger partial charge in [0.2, 0.25) is 0 Å². The summed E-state index contributed by atoms with van der Waals surface area (Å²) in [6.07, 6.45) is 1.80. The van der Waals surface area contributed by atoms with E-state index < -0.39 is 6.61 Å². The van der Waals surface area contributed by atoms with Crippen LogP contribution in [0.4, 0.5) is 8.78 Å². The molecule has 22 heavy (non-hydrogen) atoms. The van der Waals surface area contributed by atoms with Crippen LogP contribution in [0, 0.1) is 13.8 Å². The minimum absolute atomic E-state index is 0. The third-order valence-electron chi connectivity index (χ3n) is 3.60. The Bertz CT molecular complexity index is 497. The van der Waals surface area contributed by atoms with E-state index in [1.54, 1.807) is 26.0 Å². The number of amides is 1. The van der Waals surface area contributed by atoms with Crippen LogP contribution < -0.4 is 15.4 Å². The number of alkyl halides is 2. The first-order valence-corrected chi connectivity index (χ1v) is 7.05. The Morgan fingerprint density at radius 3 is 2.32 bits per heavy atom. The van der Waals surface area contributed by atoms with Crippen molar-refractivity contribution in [1.82, 2.24) is 10.6 Å². The zero-order valence-electron chi connectivity index (χ0n) is 12.6. The molecule has 0 aromatic heterocycles. The summed E-state index contributed by atoms with van der Waals surface area (Å²) in [6, 6.07) is 3.33. The first-order chi connectivity index (χ1) is 9.97. The number of piperidine rings is 1. The lowest BCUT2D eigenvalue weighted by atomic mass is 10.0.